The fourth-order valence-electron chi connectivity index (χ4n) is 3.36. The Bertz CT molecular complexity index is 402. The normalized spacial score (nSPS) is 28.1. The summed E-state index contributed by atoms with van der Waals surface area (Å²) in [6.07, 6.45) is 5.62. The highest BCUT2D eigenvalue weighted by Gasteiger charge is 2.33. The fourth-order valence-corrected chi connectivity index (χ4v) is 3.36. The van der Waals surface area contributed by atoms with Crippen LogP contribution in [0, 0.1) is 0 Å². The monoisotopic (exact) mass is 261 g/mol. The van der Waals surface area contributed by atoms with Crippen LogP contribution in [0.1, 0.15) is 36.8 Å². The molecule has 1 aliphatic carbocycles. The molecule has 1 saturated heterocycles. The van der Waals surface area contributed by atoms with Gasteiger partial charge in [-0.2, -0.15) is 0 Å². The first-order valence-corrected chi connectivity index (χ1v) is 7.41. The molecule has 2 aliphatic rings. The quantitative estimate of drug-likeness (QED) is 0.906. The molecule has 1 saturated carbocycles. The first kappa shape index (κ1) is 13.1. The van der Waals surface area contributed by atoms with E-state index in [0.717, 1.165) is 25.3 Å². The van der Waals surface area contributed by atoms with Gasteiger partial charge in [0.15, 0.2) is 0 Å². The minimum Gasteiger partial charge on any atom is -0.392 e. The highest BCUT2D eigenvalue weighted by Crippen LogP contribution is 2.29. The predicted octanol–water partition coefficient (Wildman–Crippen LogP) is 2.32. The van der Waals surface area contributed by atoms with Gasteiger partial charge in [0.05, 0.1) is 19.3 Å². The van der Waals surface area contributed by atoms with Gasteiger partial charge in [-0.1, -0.05) is 37.1 Å². The van der Waals surface area contributed by atoms with E-state index in [1.165, 1.54) is 31.2 Å². The number of rotatable bonds is 3. The van der Waals surface area contributed by atoms with Crippen LogP contribution in [-0.4, -0.2) is 35.3 Å². The minimum atomic E-state index is 0.128. The lowest BCUT2D eigenvalue weighted by molar-refractivity contribution is -0.0911. The summed E-state index contributed by atoms with van der Waals surface area (Å²) < 4.78 is 5.91. The van der Waals surface area contributed by atoms with Crippen LogP contribution in [0.25, 0.3) is 0 Å². The molecule has 0 spiro atoms. The van der Waals surface area contributed by atoms with Gasteiger partial charge >= 0.3 is 0 Å². The largest absolute Gasteiger partial charge is 0.392 e. The molecule has 1 aromatic carbocycles. The number of nitrogens with zero attached hydrogens (tertiary/aromatic N) is 1. The fraction of sp³-hybridized carbons (Fsp3) is 0.625. The number of aliphatic hydroxyl groups is 1. The van der Waals surface area contributed by atoms with E-state index in [1.54, 1.807) is 0 Å². The van der Waals surface area contributed by atoms with E-state index >= 15 is 0 Å². The first-order chi connectivity index (χ1) is 9.36. The van der Waals surface area contributed by atoms with Crippen molar-refractivity contribution in [2.45, 2.75) is 51.0 Å². The smallest absolute Gasteiger partial charge is 0.0731 e. The van der Waals surface area contributed by atoms with Gasteiger partial charge in [0, 0.05) is 19.1 Å². The summed E-state index contributed by atoms with van der Waals surface area (Å²) in [5.41, 5.74) is 2.32. The van der Waals surface area contributed by atoms with Gasteiger partial charge < -0.3 is 9.84 Å². The van der Waals surface area contributed by atoms with Crippen LogP contribution in [0.2, 0.25) is 0 Å². The van der Waals surface area contributed by atoms with Gasteiger partial charge in [-0.05, 0) is 24.0 Å². The third-order valence-corrected chi connectivity index (χ3v) is 4.44. The zero-order chi connectivity index (χ0) is 13.1. The second-order valence-corrected chi connectivity index (χ2v) is 5.71. The maximum atomic E-state index is 9.08. The molecule has 0 aromatic heterocycles. The van der Waals surface area contributed by atoms with Crippen molar-refractivity contribution in [1.82, 2.24) is 4.90 Å². The molecular weight excluding hydrogens is 238 g/mol. The summed E-state index contributed by atoms with van der Waals surface area (Å²) in [5, 5.41) is 9.08. The van der Waals surface area contributed by atoms with Crippen molar-refractivity contribution < 1.29 is 9.84 Å². The minimum absolute atomic E-state index is 0.128. The van der Waals surface area contributed by atoms with Gasteiger partial charge in [-0.15, -0.1) is 0 Å². The number of ether oxygens (including phenoxy) is 1. The number of fused-ring (bicyclic) bond motifs is 1. The Morgan fingerprint density at radius 2 is 1.84 bits per heavy atom. The Hall–Kier alpha value is -0.900. The van der Waals surface area contributed by atoms with Crippen molar-refractivity contribution in [3.8, 4) is 0 Å². The number of benzene rings is 1. The maximum absolute atomic E-state index is 9.08. The van der Waals surface area contributed by atoms with E-state index in [2.05, 4.69) is 17.0 Å². The maximum Gasteiger partial charge on any atom is 0.0731 e. The SMILES string of the molecule is OCc1ccc(CN2CCOC3CCCCC32)cc1. The molecule has 0 radical (unpaired) electrons. The lowest BCUT2D eigenvalue weighted by Gasteiger charge is -2.43. The van der Waals surface area contributed by atoms with E-state index < -0.39 is 0 Å². The van der Waals surface area contributed by atoms with Crippen LogP contribution in [0.4, 0.5) is 0 Å². The van der Waals surface area contributed by atoms with E-state index in [9.17, 15) is 0 Å². The molecule has 2 atom stereocenters. The topological polar surface area (TPSA) is 32.7 Å². The Kier molecular flexibility index (Phi) is 4.16. The molecule has 1 heterocycles. The van der Waals surface area contributed by atoms with Crippen molar-refractivity contribution in [3.63, 3.8) is 0 Å². The second kappa shape index (κ2) is 6.04. The summed E-state index contributed by atoms with van der Waals surface area (Å²) in [6.45, 7) is 3.05. The van der Waals surface area contributed by atoms with E-state index in [4.69, 9.17) is 9.84 Å². The molecule has 1 aliphatic heterocycles. The third kappa shape index (κ3) is 2.99. The number of aliphatic hydroxyl groups excluding tert-OH is 1. The molecule has 3 nitrogen and oxygen atoms in total. The molecular formula is C16H23NO2. The Labute approximate surface area is 115 Å². The molecule has 0 amide bonds. The number of hydrogen-bond acceptors (Lipinski definition) is 3. The van der Waals surface area contributed by atoms with Crippen LogP contribution < -0.4 is 0 Å². The standard InChI is InChI=1S/C16H23NO2/c18-12-14-7-5-13(6-8-14)11-17-9-10-19-16-4-2-1-3-15(16)17/h5-8,15-16,18H,1-4,9-12H2. The van der Waals surface area contributed by atoms with Crippen LogP contribution in [0.3, 0.4) is 0 Å². The van der Waals surface area contributed by atoms with Gasteiger partial charge in [-0.25, -0.2) is 0 Å². The highest BCUT2D eigenvalue weighted by molar-refractivity contribution is 5.22. The molecule has 1 aromatic rings. The molecule has 3 heteroatoms. The highest BCUT2D eigenvalue weighted by atomic mass is 16.5. The second-order valence-electron chi connectivity index (χ2n) is 5.71. The van der Waals surface area contributed by atoms with Gasteiger partial charge in [0.2, 0.25) is 0 Å². The van der Waals surface area contributed by atoms with E-state index in [-0.39, 0.29) is 6.61 Å². The average Bonchev–Trinajstić information content (AvgIpc) is 2.48. The van der Waals surface area contributed by atoms with Crippen LogP contribution in [-0.2, 0) is 17.9 Å². The van der Waals surface area contributed by atoms with Gasteiger partial charge in [0.1, 0.15) is 0 Å². The number of hydrogen-bond donors (Lipinski definition) is 1. The third-order valence-electron chi connectivity index (χ3n) is 4.44. The molecule has 2 unspecified atom stereocenters. The van der Waals surface area contributed by atoms with Gasteiger partial charge in [0.25, 0.3) is 0 Å². The summed E-state index contributed by atoms with van der Waals surface area (Å²) in [4.78, 5) is 2.58. The summed E-state index contributed by atoms with van der Waals surface area (Å²) in [5.74, 6) is 0. The predicted molar refractivity (Wildman–Crippen MR) is 74.8 cm³/mol. The zero-order valence-electron chi connectivity index (χ0n) is 11.4. The first-order valence-electron chi connectivity index (χ1n) is 7.41. The Morgan fingerprint density at radius 3 is 2.63 bits per heavy atom. The van der Waals surface area contributed by atoms with Crippen LogP contribution in [0.15, 0.2) is 24.3 Å². The van der Waals surface area contributed by atoms with Crippen LogP contribution >= 0.6 is 0 Å². The summed E-state index contributed by atoms with van der Waals surface area (Å²) >= 11 is 0. The van der Waals surface area contributed by atoms with Crippen molar-refractivity contribution >= 4 is 0 Å². The van der Waals surface area contributed by atoms with E-state index in [1.807, 2.05) is 12.1 Å². The van der Waals surface area contributed by atoms with E-state index in [0.29, 0.717) is 12.1 Å². The Balaban J connectivity index is 1.66. The van der Waals surface area contributed by atoms with Crippen molar-refractivity contribution in [3.05, 3.63) is 35.4 Å². The average molecular weight is 261 g/mol. The molecule has 0 bridgehead atoms. The molecule has 3 rings (SSSR count). The number of morpholine rings is 1. The molecule has 2 fully saturated rings. The van der Waals surface area contributed by atoms with Crippen LogP contribution in [0.5, 0.6) is 0 Å². The molecule has 19 heavy (non-hydrogen) atoms. The van der Waals surface area contributed by atoms with Crippen molar-refractivity contribution in [2.75, 3.05) is 13.2 Å². The Morgan fingerprint density at radius 1 is 1.11 bits per heavy atom. The molecule has 1 N–H and O–H groups in total. The van der Waals surface area contributed by atoms with Crippen molar-refractivity contribution in [1.29, 1.82) is 0 Å². The lowest BCUT2D eigenvalue weighted by Crippen LogP contribution is -2.52. The van der Waals surface area contributed by atoms with Gasteiger partial charge in [-0.3, -0.25) is 4.90 Å². The zero-order valence-corrected chi connectivity index (χ0v) is 11.4. The van der Waals surface area contributed by atoms with Crippen molar-refractivity contribution in [2.24, 2.45) is 0 Å². The lowest BCUT2D eigenvalue weighted by atomic mass is 9.90. The molecule has 104 valence electrons. The summed E-state index contributed by atoms with van der Waals surface area (Å²) in [7, 11) is 0. The summed E-state index contributed by atoms with van der Waals surface area (Å²) in [6, 6.07) is 8.93.